The van der Waals surface area contributed by atoms with Crippen LogP contribution >= 0.6 is 0 Å². The van der Waals surface area contributed by atoms with Crippen molar-refractivity contribution < 1.29 is 13.2 Å². The summed E-state index contributed by atoms with van der Waals surface area (Å²) in [4.78, 5) is 19.1. The van der Waals surface area contributed by atoms with Gasteiger partial charge in [-0.25, -0.2) is 8.42 Å². The number of hydrogen-bond donors (Lipinski definition) is 2. The Morgan fingerprint density at radius 2 is 1.90 bits per heavy atom. The van der Waals surface area contributed by atoms with Gasteiger partial charge in [0.2, 0.25) is 5.91 Å². The number of nitrogens with one attached hydrogen (secondary N) is 2. The van der Waals surface area contributed by atoms with E-state index >= 15 is 0 Å². The zero-order valence-corrected chi connectivity index (χ0v) is 16.9. The van der Waals surface area contributed by atoms with E-state index in [0.717, 1.165) is 32.5 Å². The van der Waals surface area contributed by atoms with Crippen molar-refractivity contribution in [3.05, 3.63) is 65.7 Å². The summed E-state index contributed by atoms with van der Waals surface area (Å²) in [6.45, 7) is 2.57. The maximum atomic E-state index is 12.4. The first kappa shape index (κ1) is 19.6. The molecule has 0 aromatic heterocycles. The number of likely N-dealkylation sites (tertiary alicyclic amines) is 1. The summed E-state index contributed by atoms with van der Waals surface area (Å²) in [6.07, 6.45) is 1.96. The number of piperidine rings is 1. The average Bonchev–Trinajstić information content (AvgIpc) is 2.98. The highest BCUT2D eigenvalue weighted by Gasteiger charge is 2.30. The van der Waals surface area contributed by atoms with Gasteiger partial charge in [0, 0.05) is 24.7 Å². The molecule has 1 amide bonds. The van der Waals surface area contributed by atoms with Crippen LogP contribution in [0.25, 0.3) is 0 Å². The third-order valence-electron chi connectivity index (χ3n) is 5.16. The van der Waals surface area contributed by atoms with E-state index in [0.29, 0.717) is 5.56 Å². The van der Waals surface area contributed by atoms with Crippen molar-refractivity contribution >= 4 is 21.8 Å². The molecule has 0 radical (unpaired) electrons. The van der Waals surface area contributed by atoms with E-state index in [4.69, 9.17) is 0 Å². The third-order valence-corrected chi connectivity index (χ3v) is 6.56. The highest BCUT2D eigenvalue weighted by Crippen LogP contribution is 2.22. The van der Waals surface area contributed by atoms with Gasteiger partial charge in [-0.2, -0.15) is 0 Å². The van der Waals surface area contributed by atoms with Crippen LogP contribution in [-0.2, 0) is 21.4 Å². The molecule has 2 aliphatic rings. The van der Waals surface area contributed by atoms with E-state index in [1.54, 1.807) is 18.2 Å². The molecule has 4 rings (SSSR count). The summed E-state index contributed by atoms with van der Waals surface area (Å²) < 4.78 is 26.6. The molecule has 2 N–H and O–H groups in total. The molecule has 29 heavy (non-hydrogen) atoms. The van der Waals surface area contributed by atoms with Gasteiger partial charge in [-0.1, -0.05) is 42.5 Å². The van der Waals surface area contributed by atoms with Gasteiger partial charge in [-0.05, 0) is 37.1 Å². The minimum Gasteiger partial charge on any atom is -0.350 e. The molecule has 152 valence electrons. The number of nitrogens with zero attached hydrogens (tertiary/aromatic N) is 2. The van der Waals surface area contributed by atoms with Gasteiger partial charge in [-0.3, -0.25) is 19.4 Å². The molecule has 1 saturated heterocycles. The van der Waals surface area contributed by atoms with Gasteiger partial charge in [0.25, 0.3) is 10.0 Å². The Balaban J connectivity index is 1.34. The Kier molecular flexibility index (Phi) is 5.64. The smallest absolute Gasteiger partial charge is 0.263 e. The molecule has 0 saturated carbocycles. The fraction of sp³-hybridized carbons (Fsp3) is 0.333. The average molecular weight is 413 g/mol. The standard InChI is InChI=1S/C21H24N4O3S/c26-20(13-22-21-18-10-4-5-11-19(18)29(27,28)24-21)23-17-9-6-12-25(15-17)14-16-7-2-1-3-8-16/h1-5,7-8,10-11,17H,6,9,12-15H2,(H,22,24)(H,23,26). The SMILES string of the molecule is O=C(CN=C1NS(=O)(=O)c2ccccc21)NC1CCCN(Cc2ccccc2)C1. The molecule has 1 unspecified atom stereocenters. The number of rotatable bonds is 5. The van der Waals surface area contributed by atoms with Gasteiger partial charge in [0.05, 0.1) is 4.90 Å². The maximum absolute atomic E-state index is 12.4. The van der Waals surface area contributed by atoms with Crippen molar-refractivity contribution in [1.82, 2.24) is 14.9 Å². The maximum Gasteiger partial charge on any atom is 0.263 e. The second-order valence-electron chi connectivity index (χ2n) is 7.39. The number of aliphatic imine (C=N–C) groups is 1. The van der Waals surface area contributed by atoms with Crippen molar-refractivity contribution in [1.29, 1.82) is 0 Å². The Morgan fingerprint density at radius 3 is 2.72 bits per heavy atom. The zero-order chi connectivity index (χ0) is 20.3. The predicted octanol–water partition coefficient (Wildman–Crippen LogP) is 1.51. The Bertz CT molecular complexity index is 1020. The van der Waals surface area contributed by atoms with E-state index in [9.17, 15) is 13.2 Å². The molecule has 1 fully saturated rings. The molecule has 0 spiro atoms. The zero-order valence-electron chi connectivity index (χ0n) is 16.0. The Morgan fingerprint density at radius 1 is 1.14 bits per heavy atom. The molecule has 0 aliphatic carbocycles. The van der Waals surface area contributed by atoms with Gasteiger partial charge in [0.15, 0.2) is 0 Å². The lowest BCUT2D eigenvalue weighted by Gasteiger charge is -2.33. The van der Waals surface area contributed by atoms with Gasteiger partial charge < -0.3 is 5.32 Å². The van der Waals surface area contributed by atoms with Crippen LogP contribution in [0.1, 0.15) is 24.0 Å². The number of hydrogen-bond acceptors (Lipinski definition) is 5. The second kappa shape index (κ2) is 8.34. The number of carbonyl (C=O) groups excluding carboxylic acids is 1. The van der Waals surface area contributed by atoms with Crippen LogP contribution in [0.4, 0.5) is 0 Å². The molecule has 2 heterocycles. The Hall–Kier alpha value is -2.71. The summed E-state index contributed by atoms with van der Waals surface area (Å²) in [5.41, 5.74) is 1.77. The fourth-order valence-electron chi connectivity index (χ4n) is 3.83. The number of amidine groups is 1. The van der Waals surface area contributed by atoms with Crippen molar-refractivity contribution in [3.8, 4) is 0 Å². The Labute approximate surface area is 170 Å². The normalized spacial score (nSPS) is 22.1. The first-order valence-corrected chi connectivity index (χ1v) is 11.2. The first-order chi connectivity index (χ1) is 14.0. The number of fused-ring (bicyclic) bond motifs is 1. The van der Waals surface area contributed by atoms with Gasteiger partial charge in [0.1, 0.15) is 12.4 Å². The molecule has 2 aromatic rings. The van der Waals surface area contributed by atoms with Gasteiger partial charge >= 0.3 is 0 Å². The van der Waals surface area contributed by atoms with Crippen molar-refractivity contribution in [2.24, 2.45) is 4.99 Å². The van der Waals surface area contributed by atoms with E-state index in [1.165, 1.54) is 11.6 Å². The summed E-state index contributed by atoms with van der Waals surface area (Å²) in [7, 11) is -3.59. The largest absolute Gasteiger partial charge is 0.350 e. The summed E-state index contributed by atoms with van der Waals surface area (Å²) in [6, 6.07) is 17.0. The van der Waals surface area contributed by atoms with Crippen LogP contribution in [0.3, 0.4) is 0 Å². The minimum atomic E-state index is -3.59. The van der Waals surface area contributed by atoms with E-state index < -0.39 is 10.0 Å². The van der Waals surface area contributed by atoms with Crippen LogP contribution in [0.2, 0.25) is 0 Å². The third kappa shape index (κ3) is 4.65. The molecular formula is C21H24N4O3S. The van der Waals surface area contributed by atoms with Crippen LogP contribution in [0.5, 0.6) is 0 Å². The van der Waals surface area contributed by atoms with E-state index in [1.807, 2.05) is 18.2 Å². The van der Waals surface area contributed by atoms with Crippen LogP contribution < -0.4 is 10.0 Å². The van der Waals surface area contributed by atoms with Crippen LogP contribution in [-0.4, -0.2) is 50.7 Å². The summed E-state index contributed by atoms with van der Waals surface area (Å²) >= 11 is 0. The molecule has 2 aliphatic heterocycles. The van der Waals surface area contributed by atoms with E-state index in [-0.39, 0.29) is 29.2 Å². The molecule has 7 nitrogen and oxygen atoms in total. The predicted molar refractivity (Wildman–Crippen MR) is 111 cm³/mol. The lowest BCUT2D eigenvalue weighted by atomic mass is 10.0. The lowest BCUT2D eigenvalue weighted by Crippen LogP contribution is -2.48. The lowest BCUT2D eigenvalue weighted by molar-refractivity contribution is -0.120. The summed E-state index contributed by atoms with van der Waals surface area (Å²) in [5.74, 6) is 0.0257. The number of amides is 1. The van der Waals surface area contributed by atoms with Crippen molar-refractivity contribution in [3.63, 3.8) is 0 Å². The molecular weight excluding hydrogens is 388 g/mol. The highest BCUT2D eigenvalue weighted by molar-refractivity contribution is 7.90. The van der Waals surface area contributed by atoms with Crippen molar-refractivity contribution in [2.75, 3.05) is 19.6 Å². The molecule has 0 bridgehead atoms. The topological polar surface area (TPSA) is 90.9 Å². The number of benzene rings is 2. The molecule has 1 atom stereocenters. The quantitative estimate of drug-likeness (QED) is 0.779. The van der Waals surface area contributed by atoms with Crippen LogP contribution in [0, 0.1) is 0 Å². The fourth-order valence-corrected chi connectivity index (χ4v) is 5.08. The second-order valence-corrected chi connectivity index (χ2v) is 9.04. The molecule has 2 aromatic carbocycles. The minimum absolute atomic E-state index is 0.0766. The van der Waals surface area contributed by atoms with Gasteiger partial charge in [-0.15, -0.1) is 0 Å². The van der Waals surface area contributed by atoms with Crippen LogP contribution in [0.15, 0.2) is 64.5 Å². The molecule has 8 heteroatoms. The number of carbonyl (C=O) groups is 1. The summed E-state index contributed by atoms with van der Waals surface area (Å²) in [5, 5.41) is 3.04. The van der Waals surface area contributed by atoms with E-state index in [2.05, 4.69) is 32.1 Å². The number of sulfonamides is 1. The first-order valence-electron chi connectivity index (χ1n) is 9.73. The van der Waals surface area contributed by atoms with Crippen molar-refractivity contribution in [2.45, 2.75) is 30.3 Å². The highest BCUT2D eigenvalue weighted by atomic mass is 32.2. The monoisotopic (exact) mass is 412 g/mol.